The van der Waals surface area contributed by atoms with E-state index in [0.717, 1.165) is 22.5 Å². The zero-order chi connectivity index (χ0) is 17.3. The van der Waals surface area contributed by atoms with Crippen molar-refractivity contribution in [1.29, 1.82) is 0 Å². The highest BCUT2D eigenvalue weighted by atomic mass is 35.5. The van der Waals surface area contributed by atoms with Crippen LogP contribution in [0.25, 0.3) is 0 Å². The fourth-order valence-electron chi connectivity index (χ4n) is 2.97. The number of nitrogens with zero attached hydrogens (tertiary/aromatic N) is 1. The minimum absolute atomic E-state index is 0.0574. The number of carbonyl (C=O) groups excluding carboxylic acids is 2. The lowest BCUT2D eigenvalue weighted by Crippen LogP contribution is -2.28. The van der Waals surface area contributed by atoms with E-state index in [0.29, 0.717) is 11.6 Å². The van der Waals surface area contributed by atoms with Crippen LogP contribution in [0, 0.1) is 19.8 Å². The third-order valence-corrected chi connectivity index (χ3v) is 4.49. The van der Waals surface area contributed by atoms with Crippen molar-refractivity contribution in [2.24, 2.45) is 5.92 Å². The van der Waals surface area contributed by atoms with E-state index in [2.05, 4.69) is 5.32 Å². The average molecular weight is 343 g/mol. The molecule has 1 aliphatic heterocycles. The smallest absolute Gasteiger partial charge is 0.229 e. The molecule has 3 rings (SSSR count). The predicted molar refractivity (Wildman–Crippen MR) is 96.5 cm³/mol. The number of hydrogen-bond acceptors (Lipinski definition) is 2. The third-order valence-electron chi connectivity index (χ3n) is 4.26. The first kappa shape index (κ1) is 16.5. The highest BCUT2D eigenvalue weighted by Gasteiger charge is 2.35. The van der Waals surface area contributed by atoms with Gasteiger partial charge >= 0.3 is 0 Å². The van der Waals surface area contributed by atoms with Crippen molar-refractivity contribution in [3.63, 3.8) is 0 Å². The van der Waals surface area contributed by atoms with Gasteiger partial charge in [-0.2, -0.15) is 0 Å². The predicted octanol–water partition coefficient (Wildman–Crippen LogP) is 3.95. The van der Waals surface area contributed by atoms with Gasteiger partial charge in [-0.1, -0.05) is 35.4 Å². The lowest BCUT2D eigenvalue weighted by Gasteiger charge is -2.17. The van der Waals surface area contributed by atoms with E-state index in [9.17, 15) is 9.59 Å². The minimum Gasteiger partial charge on any atom is -0.326 e. The molecule has 2 aromatic carbocycles. The summed E-state index contributed by atoms with van der Waals surface area (Å²) < 4.78 is 0. The molecule has 0 bridgehead atoms. The van der Waals surface area contributed by atoms with Crippen LogP contribution in [0.15, 0.2) is 42.5 Å². The minimum atomic E-state index is -0.364. The van der Waals surface area contributed by atoms with E-state index >= 15 is 0 Å². The molecule has 0 aliphatic carbocycles. The molecule has 0 unspecified atom stereocenters. The highest BCUT2D eigenvalue weighted by molar-refractivity contribution is 6.31. The Hall–Kier alpha value is -2.33. The summed E-state index contributed by atoms with van der Waals surface area (Å²) in [6, 6.07) is 13.0. The summed E-state index contributed by atoms with van der Waals surface area (Å²) in [7, 11) is 0. The number of benzene rings is 2. The van der Waals surface area contributed by atoms with E-state index in [1.807, 2.05) is 38.1 Å². The van der Waals surface area contributed by atoms with Crippen LogP contribution in [0.3, 0.4) is 0 Å². The van der Waals surface area contributed by atoms with Gasteiger partial charge in [-0.3, -0.25) is 9.59 Å². The average Bonchev–Trinajstić information content (AvgIpc) is 2.92. The van der Waals surface area contributed by atoms with Gasteiger partial charge in [0.05, 0.1) is 5.92 Å². The van der Waals surface area contributed by atoms with Crippen molar-refractivity contribution < 1.29 is 9.59 Å². The Labute approximate surface area is 146 Å². The first-order chi connectivity index (χ1) is 11.4. The maximum Gasteiger partial charge on any atom is 0.229 e. The van der Waals surface area contributed by atoms with Gasteiger partial charge in [0.2, 0.25) is 11.8 Å². The zero-order valence-electron chi connectivity index (χ0n) is 13.7. The van der Waals surface area contributed by atoms with E-state index in [1.54, 1.807) is 23.1 Å². The third kappa shape index (κ3) is 3.44. The molecule has 124 valence electrons. The number of carbonyl (C=O) groups is 2. The van der Waals surface area contributed by atoms with Crippen molar-refractivity contribution in [2.45, 2.75) is 20.3 Å². The molecule has 24 heavy (non-hydrogen) atoms. The van der Waals surface area contributed by atoms with Gasteiger partial charge in [-0.05, 0) is 43.7 Å². The number of anilines is 2. The van der Waals surface area contributed by atoms with Gasteiger partial charge in [0.15, 0.2) is 0 Å². The van der Waals surface area contributed by atoms with Gasteiger partial charge in [0, 0.05) is 29.4 Å². The fraction of sp³-hybridized carbons (Fsp3) is 0.263. The topological polar surface area (TPSA) is 49.4 Å². The van der Waals surface area contributed by atoms with Crippen LogP contribution < -0.4 is 10.2 Å². The van der Waals surface area contributed by atoms with Gasteiger partial charge < -0.3 is 10.2 Å². The van der Waals surface area contributed by atoms with Gasteiger partial charge in [0.1, 0.15) is 0 Å². The Morgan fingerprint density at radius 2 is 2.00 bits per heavy atom. The maximum absolute atomic E-state index is 12.5. The molecule has 1 atom stereocenters. The molecule has 4 nitrogen and oxygen atoms in total. The number of aryl methyl sites for hydroxylation is 2. The van der Waals surface area contributed by atoms with Crippen LogP contribution in [0.2, 0.25) is 5.02 Å². The standard InChI is InChI=1S/C19H19ClN2O2/c1-12-6-7-17(13(2)8-12)21-19(24)14-9-18(23)22(11-14)16-5-3-4-15(20)10-16/h3-8,10,14H,9,11H2,1-2H3,(H,21,24)/t14-/m0/s1. The lowest BCUT2D eigenvalue weighted by atomic mass is 10.1. The van der Waals surface area contributed by atoms with E-state index in [-0.39, 0.29) is 24.2 Å². The molecule has 0 radical (unpaired) electrons. The van der Waals surface area contributed by atoms with Crippen molar-refractivity contribution in [2.75, 3.05) is 16.8 Å². The second-order valence-corrected chi connectivity index (χ2v) is 6.63. The van der Waals surface area contributed by atoms with Gasteiger partial charge in [-0.15, -0.1) is 0 Å². The monoisotopic (exact) mass is 342 g/mol. The SMILES string of the molecule is Cc1ccc(NC(=O)[C@H]2CC(=O)N(c3cccc(Cl)c3)C2)c(C)c1. The first-order valence-electron chi connectivity index (χ1n) is 7.88. The summed E-state index contributed by atoms with van der Waals surface area (Å²) >= 11 is 5.99. The first-order valence-corrected chi connectivity index (χ1v) is 8.26. The second-order valence-electron chi connectivity index (χ2n) is 6.19. The normalized spacial score (nSPS) is 17.2. The molecule has 1 fully saturated rings. The highest BCUT2D eigenvalue weighted by Crippen LogP contribution is 2.28. The largest absolute Gasteiger partial charge is 0.326 e. The van der Waals surface area contributed by atoms with Crippen LogP contribution >= 0.6 is 11.6 Å². The van der Waals surface area contributed by atoms with Gasteiger partial charge in [-0.25, -0.2) is 0 Å². The summed E-state index contributed by atoms with van der Waals surface area (Å²) in [4.78, 5) is 26.4. The number of hydrogen-bond donors (Lipinski definition) is 1. The number of rotatable bonds is 3. The van der Waals surface area contributed by atoms with Crippen LogP contribution in [0.4, 0.5) is 11.4 Å². The molecule has 1 heterocycles. The summed E-state index contributed by atoms with van der Waals surface area (Å²) in [5.41, 5.74) is 3.68. The van der Waals surface area contributed by atoms with Crippen LogP contribution in [0.5, 0.6) is 0 Å². The molecular formula is C19H19ClN2O2. The molecule has 0 saturated carbocycles. The molecule has 1 N–H and O–H groups in total. The van der Waals surface area contributed by atoms with Crippen LogP contribution in [-0.4, -0.2) is 18.4 Å². The molecule has 1 aliphatic rings. The second kappa shape index (κ2) is 6.65. The molecule has 2 aromatic rings. The summed E-state index contributed by atoms with van der Waals surface area (Å²) in [5.74, 6) is -0.546. The molecular weight excluding hydrogens is 324 g/mol. The Balaban J connectivity index is 1.72. The number of amides is 2. The Morgan fingerprint density at radius 1 is 1.21 bits per heavy atom. The van der Waals surface area contributed by atoms with E-state index < -0.39 is 0 Å². The van der Waals surface area contributed by atoms with Crippen molar-refractivity contribution in [3.8, 4) is 0 Å². The maximum atomic E-state index is 12.5. The van der Waals surface area contributed by atoms with E-state index in [1.165, 1.54) is 0 Å². The lowest BCUT2D eigenvalue weighted by molar-refractivity contribution is -0.122. The van der Waals surface area contributed by atoms with E-state index in [4.69, 9.17) is 11.6 Å². The summed E-state index contributed by atoms with van der Waals surface area (Å²) in [6.45, 7) is 4.34. The van der Waals surface area contributed by atoms with Crippen molar-refractivity contribution >= 4 is 34.8 Å². The van der Waals surface area contributed by atoms with Crippen LogP contribution in [0.1, 0.15) is 17.5 Å². The van der Waals surface area contributed by atoms with Crippen molar-refractivity contribution in [1.82, 2.24) is 0 Å². The van der Waals surface area contributed by atoms with Gasteiger partial charge in [0.25, 0.3) is 0 Å². The molecule has 1 saturated heterocycles. The number of nitrogens with one attached hydrogen (secondary N) is 1. The Bertz CT molecular complexity index is 804. The fourth-order valence-corrected chi connectivity index (χ4v) is 3.15. The quantitative estimate of drug-likeness (QED) is 0.918. The molecule has 2 amide bonds. The Kier molecular flexibility index (Phi) is 4.58. The number of halogens is 1. The summed E-state index contributed by atoms with van der Waals surface area (Å²) in [5, 5.41) is 3.51. The molecule has 0 aromatic heterocycles. The molecule has 0 spiro atoms. The van der Waals surface area contributed by atoms with Crippen molar-refractivity contribution in [3.05, 3.63) is 58.6 Å². The zero-order valence-corrected chi connectivity index (χ0v) is 14.4. The van der Waals surface area contributed by atoms with Crippen LogP contribution in [-0.2, 0) is 9.59 Å². The molecule has 5 heteroatoms. The Morgan fingerprint density at radius 3 is 2.71 bits per heavy atom. The summed E-state index contributed by atoms with van der Waals surface area (Å²) in [6.07, 6.45) is 0.212.